The molecule has 0 amide bonds. The molecule has 5 heteroatoms. The monoisotopic (exact) mass is 330 g/mol. The van der Waals surface area contributed by atoms with Crippen LogP contribution in [0.3, 0.4) is 0 Å². The second-order valence-electron chi connectivity index (χ2n) is 6.56. The summed E-state index contributed by atoms with van der Waals surface area (Å²) in [5.74, 6) is 1.58. The molecule has 0 saturated heterocycles. The van der Waals surface area contributed by atoms with Gasteiger partial charge in [0, 0.05) is 17.2 Å². The van der Waals surface area contributed by atoms with E-state index in [2.05, 4.69) is 31.9 Å². The number of nitrogens with zero attached hydrogens (tertiary/aromatic N) is 4. The normalized spacial score (nSPS) is 15.2. The molecule has 5 rings (SSSR count). The molecule has 0 radical (unpaired) electrons. The number of para-hydroxylation sites is 2. The lowest BCUT2D eigenvalue weighted by atomic mass is 10.1. The van der Waals surface area contributed by atoms with Gasteiger partial charge in [0.1, 0.15) is 11.8 Å². The van der Waals surface area contributed by atoms with Gasteiger partial charge in [0.25, 0.3) is 0 Å². The van der Waals surface area contributed by atoms with E-state index in [1.54, 1.807) is 0 Å². The molecule has 0 spiro atoms. The van der Waals surface area contributed by atoms with E-state index in [4.69, 9.17) is 4.42 Å². The van der Waals surface area contributed by atoms with Gasteiger partial charge in [0.05, 0.1) is 0 Å². The summed E-state index contributed by atoms with van der Waals surface area (Å²) in [5, 5.41) is 8.48. The lowest BCUT2D eigenvalue weighted by Crippen LogP contribution is -2.05. The van der Waals surface area contributed by atoms with Gasteiger partial charge in [0.15, 0.2) is 11.4 Å². The summed E-state index contributed by atoms with van der Waals surface area (Å²) in [5.41, 5.74) is 3.72. The smallest absolute Gasteiger partial charge is 0.227 e. The van der Waals surface area contributed by atoms with Crippen LogP contribution in [0.1, 0.15) is 31.7 Å². The first kappa shape index (κ1) is 14.4. The molecule has 0 atom stereocenters. The molecule has 1 aliphatic rings. The molecule has 2 aromatic carbocycles. The average molecular weight is 330 g/mol. The molecule has 0 bridgehead atoms. The molecule has 5 nitrogen and oxygen atoms in total. The maximum Gasteiger partial charge on any atom is 0.227 e. The number of hydrogen-bond acceptors (Lipinski definition) is 4. The molecule has 1 aliphatic carbocycles. The van der Waals surface area contributed by atoms with Crippen molar-refractivity contribution in [2.45, 2.75) is 31.7 Å². The standard InChI is InChI=1S/C20H18N4O/c1-2-6-16(5-1)24-13-21-23-19(24)14-9-11-15(12-10-14)20-22-17-7-3-4-8-18(17)25-20/h3-4,7-13,16H,1-2,5-6H2. The van der Waals surface area contributed by atoms with Gasteiger partial charge < -0.3 is 8.98 Å². The summed E-state index contributed by atoms with van der Waals surface area (Å²) in [6.07, 6.45) is 6.87. The second kappa shape index (κ2) is 5.84. The maximum atomic E-state index is 5.85. The van der Waals surface area contributed by atoms with Crippen molar-refractivity contribution in [1.82, 2.24) is 19.7 Å². The Balaban J connectivity index is 1.48. The molecule has 0 unspecified atom stereocenters. The number of fused-ring (bicyclic) bond motifs is 1. The number of hydrogen-bond donors (Lipinski definition) is 0. The van der Waals surface area contributed by atoms with Gasteiger partial charge in [-0.25, -0.2) is 4.98 Å². The minimum atomic E-state index is 0.529. The Kier molecular flexibility index (Phi) is 3.37. The SMILES string of the molecule is c1ccc2oc(-c3ccc(-c4nncn4C4CCCC4)cc3)nc2c1. The molecule has 2 heterocycles. The first-order valence-electron chi connectivity index (χ1n) is 8.74. The van der Waals surface area contributed by atoms with Crippen molar-refractivity contribution >= 4 is 11.1 Å². The van der Waals surface area contributed by atoms with Crippen molar-refractivity contribution in [1.29, 1.82) is 0 Å². The van der Waals surface area contributed by atoms with E-state index in [0.717, 1.165) is 28.1 Å². The van der Waals surface area contributed by atoms with Crippen LogP contribution in [0.4, 0.5) is 0 Å². The van der Waals surface area contributed by atoms with E-state index in [0.29, 0.717) is 11.9 Å². The van der Waals surface area contributed by atoms with E-state index >= 15 is 0 Å². The van der Waals surface area contributed by atoms with Gasteiger partial charge in [-0.1, -0.05) is 37.1 Å². The fraction of sp³-hybridized carbons (Fsp3) is 0.250. The molecule has 4 aromatic rings. The highest BCUT2D eigenvalue weighted by Crippen LogP contribution is 2.33. The third kappa shape index (κ3) is 2.52. The summed E-state index contributed by atoms with van der Waals surface area (Å²) in [7, 11) is 0. The van der Waals surface area contributed by atoms with Crippen LogP contribution in [-0.2, 0) is 0 Å². The first-order chi connectivity index (χ1) is 12.4. The number of benzene rings is 2. The minimum absolute atomic E-state index is 0.529. The molecule has 2 aromatic heterocycles. The van der Waals surface area contributed by atoms with E-state index in [-0.39, 0.29) is 0 Å². The van der Waals surface area contributed by atoms with Crippen molar-refractivity contribution in [2.75, 3.05) is 0 Å². The molecule has 1 saturated carbocycles. The zero-order valence-corrected chi connectivity index (χ0v) is 13.8. The van der Waals surface area contributed by atoms with Crippen LogP contribution < -0.4 is 0 Å². The minimum Gasteiger partial charge on any atom is -0.436 e. The van der Waals surface area contributed by atoms with Crippen molar-refractivity contribution in [2.24, 2.45) is 0 Å². The van der Waals surface area contributed by atoms with Crippen molar-refractivity contribution in [3.05, 3.63) is 54.9 Å². The Hall–Kier alpha value is -2.95. The highest BCUT2D eigenvalue weighted by Gasteiger charge is 2.20. The van der Waals surface area contributed by atoms with Crippen molar-refractivity contribution in [3.63, 3.8) is 0 Å². The second-order valence-corrected chi connectivity index (χ2v) is 6.56. The number of rotatable bonds is 3. The summed E-state index contributed by atoms with van der Waals surface area (Å²) in [4.78, 5) is 4.56. The predicted molar refractivity (Wildman–Crippen MR) is 96.0 cm³/mol. The lowest BCUT2D eigenvalue weighted by molar-refractivity contribution is 0.522. The Morgan fingerprint density at radius 3 is 2.48 bits per heavy atom. The Morgan fingerprint density at radius 2 is 1.68 bits per heavy atom. The fourth-order valence-electron chi connectivity index (χ4n) is 3.66. The average Bonchev–Trinajstić information content (AvgIpc) is 3.40. The van der Waals surface area contributed by atoms with E-state index < -0.39 is 0 Å². The Morgan fingerprint density at radius 1 is 0.920 bits per heavy atom. The van der Waals surface area contributed by atoms with Gasteiger partial charge in [-0.15, -0.1) is 10.2 Å². The van der Waals surface area contributed by atoms with Gasteiger partial charge in [-0.05, 0) is 37.1 Å². The summed E-state index contributed by atoms with van der Waals surface area (Å²) < 4.78 is 8.07. The van der Waals surface area contributed by atoms with Gasteiger partial charge in [0.2, 0.25) is 5.89 Å². The van der Waals surface area contributed by atoms with Crippen molar-refractivity contribution < 1.29 is 4.42 Å². The van der Waals surface area contributed by atoms with Crippen LogP contribution in [0, 0.1) is 0 Å². The zero-order valence-electron chi connectivity index (χ0n) is 13.8. The van der Waals surface area contributed by atoms with Gasteiger partial charge in [-0.3, -0.25) is 0 Å². The first-order valence-corrected chi connectivity index (χ1v) is 8.74. The Labute approximate surface area is 145 Å². The highest BCUT2D eigenvalue weighted by atomic mass is 16.3. The van der Waals surface area contributed by atoms with E-state index in [9.17, 15) is 0 Å². The third-order valence-corrected chi connectivity index (χ3v) is 4.98. The summed E-state index contributed by atoms with van der Waals surface area (Å²) in [6.45, 7) is 0. The van der Waals surface area contributed by atoms with Crippen LogP contribution in [0.15, 0.2) is 59.3 Å². The lowest BCUT2D eigenvalue weighted by Gasteiger charge is -2.13. The maximum absolute atomic E-state index is 5.85. The van der Waals surface area contributed by atoms with Crippen LogP contribution >= 0.6 is 0 Å². The third-order valence-electron chi connectivity index (χ3n) is 4.98. The molecule has 1 fully saturated rings. The molecular weight excluding hydrogens is 312 g/mol. The number of oxazole rings is 1. The summed E-state index contributed by atoms with van der Waals surface area (Å²) >= 11 is 0. The fourth-order valence-corrected chi connectivity index (χ4v) is 3.66. The molecule has 0 N–H and O–H groups in total. The highest BCUT2D eigenvalue weighted by molar-refractivity contribution is 5.76. The zero-order chi connectivity index (χ0) is 16.6. The largest absolute Gasteiger partial charge is 0.436 e. The molecule has 25 heavy (non-hydrogen) atoms. The van der Waals surface area contributed by atoms with Crippen LogP contribution in [-0.4, -0.2) is 19.7 Å². The van der Waals surface area contributed by atoms with E-state index in [1.807, 2.05) is 42.7 Å². The van der Waals surface area contributed by atoms with Crippen LogP contribution in [0.25, 0.3) is 33.9 Å². The Bertz CT molecular complexity index is 977. The molecule has 124 valence electrons. The van der Waals surface area contributed by atoms with E-state index in [1.165, 1.54) is 25.7 Å². The summed E-state index contributed by atoms with van der Waals surface area (Å²) in [6, 6.07) is 16.6. The van der Waals surface area contributed by atoms with Gasteiger partial charge >= 0.3 is 0 Å². The molecular formula is C20H18N4O. The topological polar surface area (TPSA) is 56.7 Å². The van der Waals surface area contributed by atoms with Crippen LogP contribution in [0.2, 0.25) is 0 Å². The van der Waals surface area contributed by atoms with Crippen molar-refractivity contribution in [3.8, 4) is 22.8 Å². The quantitative estimate of drug-likeness (QED) is 0.538. The number of aromatic nitrogens is 4. The van der Waals surface area contributed by atoms with Gasteiger partial charge in [-0.2, -0.15) is 0 Å². The predicted octanol–water partition coefficient (Wildman–Crippen LogP) is 4.87. The van der Waals surface area contributed by atoms with Crippen LogP contribution in [0.5, 0.6) is 0 Å². The molecule has 0 aliphatic heterocycles.